The van der Waals surface area contributed by atoms with E-state index in [2.05, 4.69) is 11.6 Å². The summed E-state index contributed by atoms with van der Waals surface area (Å²) in [6.07, 6.45) is 9.51. The lowest BCUT2D eigenvalue weighted by atomic mass is 9.88. The highest BCUT2D eigenvalue weighted by molar-refractivity contribution is 8.00. The summed E-state index contributed by atoms with van der Waals surface area (Å²) in [7, 11) is 0. The molecule has 1 fully saturated rings. The standard InChI is InChI=1S/C14H27NO2S/c1-4-12(13(16)17-5-2)15-11-14(18-3)9-7-6-8-10-14/h12,15H,4-11H2,1-3H3. The average molecular weight is 273 g/mol. The maximum atomic E-state index is 11.7. The lowest BCUT2D eigenvalue weighted by Gasteiger charge is -2.37. The third-order valence-electron chi connectivity index (χ3n) is 3.85. The zero-order valence-electron chi connectivity index (χ0n) is 12.0. The third-order valence-corrected chi connectivity index (χ3v) is 5.27. The number of ether oxygens (including phenoxy) is 1. The third kappa shape index (κ3) is 4.47. The fraction of sp³-hybridized carbons (Fsp3) is 0.929. The number of carbonyl (C=O) groups excluding carboxylic acids is 1. The Hall–Kier alpha value is -0.220. The van der Waals surface area contributed by atoms with Gasteiger partial charge in [-0.1, -0.05) is 26.2 Å². The molecule has 3 nitrogen and oxygen atoms in total. The molecule has 0 aliphatic heterocycles. The summed E-state index contributed by atoms with van der Waals surface area (Å²) in [5.74, 6) is -0.105. The summed E-state index contributed by atoms with van der Waals surface area (Å²) in [5, 5.41) is 3.42. The van der Waals surface area contributed by atoms with E-state index in [4.69, 9.17) is 4.74 Å². The van der Waals surface area contributed by atoms with Crippen molar-refractivity contribution in [1.82, 2.24) is 5.32 Å². The van der Waals surface area contributed by atoms with Crippen LogP contribution in [-0.4, -0.2) is 36.2 Å². The monoisotopic (exact) mass is 273 g/mol. The van der Waals surface area contributed by atoms with Gasteiger partial charge in [0.25, 0.3) is 0 Å². The van der Waals surface area contributed by atoms with Gasteiger partial charge in [0.15, 0.2) is 0 Å². The van der Waals surface area contributed by atoms with Gasteiger partial charge < -0.3 is 10.1 Å². The van der Waals surface area contributed by atoms with Crippen molar-refractivity contribution < 1.29 is 9.53 Å². The van der Waals surface area contributed by atoms with Gasteiger partial charge in [0.2, 0.25) is 0 Å². The molecule has 0 spiro atoms. The molecule has 1 saturated carbocycles. The Morgan fingerprint density at radius 2 is 2.00 bits per heavy atom. The van der Waals surface area contributed by atoms with Crippen LogP contribution in [0.4, 0.5) is 0 Å². The SMILES string of the molecule is CCOC(=O)C(CC)NCC1(SC)CCCCC1. The number of nitrogens with one attached hydrogen (secondary N) is 1. The normalized spacial score (nSPS) is 20.4. The smallest absolute Gasteiger partial charge is 0.323 e. The molecule has 18 heavy (non-hydrogen) atoms. The molecule has 0 bridgehead atoms. The van der Waals surface area contributed by atoms with E-state index in [0.29, 0.717) is 11.4 Å². The molecule has 0 aromatic rings. The van der Waals surface area contributed by atoms with E-state index in [1.165, 1.54) is 32.1 Å². The summed E-state index contributed by atoms with van der Waals surface area (Å²) >= 11 is 1.96. The minimum absolute atomic E-state index is 0.105. The second kappa shape index (κ2) is 8.05. The number of hydrogen-bond donors (Lipinski definition) is 1. The van der Waals surface area contributed by atoms with E-state index in [0.717, 1.165) is 13.0 Å². The van der Waals surface area contributed by atoms with Crippen molar-refractivity contribution in [3.8, 4) is 0 Å². The minimum Gasteiger partial charge on any atom is -0.465 e. The molecular weight excluding hydrogens is 246 g/mol. The van der Waals surface area contributed by atoms with Crippen molar-refractivity contribution in [3.05, 3.63) is 0 Å². The Balaban J connectivity index is 2.47. The van der Waals surface area contributed by atoms with Crippen molar-refractivity contribution in [2.45, 2.75) is 63.2 Å². The zero-order valence-corrected chi connectivity index (χ0v) is 12.8. The number of carbonyl (C=O) groups is 1. The predicted molar refractivity (Wildman–Crippen MR) is 78.0 cm³/mol. The minimum atomic E-state index is -0.143. The second-order valence-corrected chi connectivity index (χ2v) is 6.32. The first-order valence-corrected chi connectivity index (χ1v) is 8.35. The van der Waals surface area contributed by atoms with Crippen LogP contribution in [0.25, 0.3) is 0 Å². The molecule has 0 amide bonds. The first-order valence-electron chi connectivity index (χ1n) is 7.12. The van der Waals surface area contributed by atoms with Crippen LogP contribution in [0.3, 0.4) is 0 Å². The lowest BCUT2D eigenvalue weighted by molar-refractivity contribution is -0.145. The van der Waals surface area contributed by atoms with E-state index in [1.807, 2.05) is 25.6 Å². The van der Waals surface area contributed by atoms with Crippen LogP contribution in [0.1, 0.15) is 52.4 Å². The van der Waals surface area contributed by atoms with Crippen molar-refractivity contribution in [1.29, 1.82) is 0 Å². The van der Waals surface area contributed by atoms with Gasteiger partial charge >= 0.3 is 5.97 Å². The first-order chi connectivity index (χ1) is 8.67. The van der Waals surface area contributed by atoms with E-state index in [-0.39, 0.29) is 12.0 Å². The van der Waals surface area contributed by atoms with Crippen molar-refractivity contribution in [3.63, 3.8) is 0 Å². The Bertz CT molecular complexity index is 252. The first kappa shape index (κ1) is 15.8. The summed E-state index contributed by atoms with van der Waals surface area (Å²) in [6, 6.07) is -0.143. The highest BCUT2D eigenvalue weighted by Gasteiger charge is 2.32. The summed E-state index contributed by atoms with van der Waals surface area (Å²) in [4.78, 5) is 11.7. The fourth-order valence-corrected chi connectivity index (χ4v) is 3.52. The van der Waals surface area contributed by atoms with Crippen LogP contribution in [0.15, 0.2) is 0 Å². The van der Waals surface area contributed by atoms with Crippen LogP contribution in [-0.2, 0) is 9.53 Å². The van der Waals surface area contributed by atoms with E-state index >= 15 is 0 Å². The van der Waals surface area contributed by atoms with Gasteiger partial charge in [0, 0.05) is 11.3 Å². The van der Waals surface area contributed by atoms with Gasteiger partial charge in [0.05, 0.1) is 6.61 Å². The van der Waals surface area contributed by atoms with Crippen LogP contribution in [0.5, 0.6) is 0 Å². The fourth-order valence-electron chi connectivity index (χ4n) is 2.60. The van der Waals surface area contributed by atoms with Crippen LogP contribution < -0.4 is 5.32 Å². The quantitative estimate of drug-likeness (QED) is 0.724. The maximum Gasteiger partial charge on any atom is 0.323 e. The highest BCUT2D eigenvalue weighted by atomic mass is 32.2. The van der Waals surface area contributed by atoms with Gasteiger partial charge in [0.1, 0.15) is 6.04 Å². The van der Waals surface area contributed by atoms with E-state index < -0.39 is 0 Å². The highest BCUT2D eigenvalue weighted by Crippen LogP contribution is 2.38. The molecule has 106 valence electrons. The largest absolute Gasteiger partial charge is 0.465 e. The van der Waals surface area contributed by atoms with Gasteiger partial charge in [-0.2, -0.15) is 11.8 Å². The molecule has 1 rings (SSSR count). The van der Waals surface area contributed by atoms with Gasteiger partial charge in [-0.25, -0.2) is 0 Å². The molecule has 1 unspecified atom stereocenters. The summed E-state index contributed by atoms with van der Waals surface area (Å²) in [6.45, 7) is 5.27. The van der Waals surface area contributed by atoms with Crippen molar-refractivity contribution in [2.75, 3.05) is 19.4 Å². The Morgan fingerprint density at radius 3 is 2.50 bits per heavy atom. The molecule has 1 aliphatic carbocycles. The van der Waals surface area contributed by atoms with Crippen LogP contribution in [0.2, 0.25) is 0 Å². The van der Waals surface area contributed by atoms with Crippen molar-refractivity contribution in [2.24, 2.45) is 0 Å². The van der Waals surface area contributed by atoms with E-state index in [9.17, 15) is 4.79 Å². The summed E-state index contributed by atoms with van der Waals surface area (Å²) < 4.78 is 5.42. The zero-order chi connectivity index (χ0) is 13.4. The number of hydrogen-bond acceptors (Lipinski definition) is 4. The molecule has 1 atom stereocenters. The second-order valence-electron chi connectivity index (χ2n) is 5.04. The molecule has 1 N–H and O–H groups in total. The van der Waals surface area contributed by atoms with Gasteiger partial charge in [-0.05, 0) is 32.4 Å². The molecular formula is C14H27NO2S. The molecule has 1 aliphatic rings. The Kier molecular flexibility index (Phi) is 7.08. The Morgan fingerprint density at radius 1 is 1.33 bits per heavy atom. The Labute approximate surface area is 115 Å². The molecule has 4 heteroatoms. The maximum absolute atomic E-state index is 11.7. The molecule has 0 aromatic carbocycles. The van der Waals surface area contributed by atoms with Crippen LogP contribution >= 0.6 is 11.8 Å². The number of thioether (sulfide) groups is 1. The lowest BCUT2D eigenvalue weighted by Crippen LogP contribution is -2.46. The molecule has 0 saturated heterocycles. The topological polar surface area (TPSA) is 38.3 Å². The predicted octanol–water partition coefficient (Wildman–Crippen LogP) is 2.98. The molecule has 0 aromatic heterocycles. The average Bonchev–Trinajstić information content (AvgIpc) is 2.41. The van der Waals surface area contributed by atoms with Gasteiger partial charge in [-0.15, -0.1) is 0 Å². The molecule has 0 heterocycles. The number of rotatable bonds is 7. The molecule has 0 radical (unpaired) electrons. The van der Waals surface area contributed by atoms with E-state index in [1.54, 1.807) is 0 Å². The summed E-state index contributed by atoms with van der Waals surface area (Å²) in [5.41, 5.74) is 0. The number of esters is 1. The van der Waals surface area contributed by atoms with Gasteiger partial charge in [-0.3, -0.25) is 4.79 Å². The van der Waals surface area contributed by atoms with Crippen molar-refractivity contribution >= 4 is 17.7 Å². The van der Waals surface area contributed by atoms with Crippen LogP contribution in [0, 0.1) is 0 Å².